The molecular weight excluding hydrogens is 262 g/mol. The van der Waals surface area contributed by atoms with Crippen molar-refractivity contribution in [2.24, 2.45) is 0 Å². The third-order valence-corrected chi connectivity index (χ3v) is 2.97. The number of nitrogens with zero attached hydrogens (tertiary/aromatic N) is 3. The molecule has 2 amide bonds. The average molecular weight is 287 g/mol. The van der Waals surface area contributed by atoms with Gasteiger partial charge >= 0.3 is 0 Å². The summed E-state index contributed by atoms with van der Waals surface area (Å²) in [4.78, 5) is 25.3. The van der Waals surface area contributed by atoms with E-state index < -0.39 is 0 Å². The van der Waals surface area contributed by atoms with Crippen LogP contribution in [0.3, 0.4) is 0 Å². The van der Waals surface area contributed by atoms with Crippen molar-refractivity contribution in [3.63, 3.8) is 0 Å². The van der Waals surface area contributed by atoms with Crippen molar-refractivity contribution in [1.82, 2.24) is 9.27 Å². The molecular formula is C13H25N3O2S. The minimum Gasteiger partial charge on any atom is -0.345 e. The summed E-state index contributed by atoms with van der Waals surface area (Å²) in [6, 6.07) is 0. The van der Waals surface area contributed by atoms with E-state index in [1.54, 1.807) is 28.1 Å². The van der Waals surface area contributed by atoms with E-state index in [9.17, 15) is 9.59 Å². The number of anilines is 1. The number of aryl methyl sites for hydroxylation is 1. The normalized spacial score (nSPS) is 8.42. The van der Waals surface area contributed by atoms with Crippen LogP contribution in [0.1, 0.15) is 43.7 Å². The van der Waals surface area contributed by atoms with Crippen LogP contribution in [-0.2, 0) is 4.79 Å². The lowest BCUT2D eigenvalue weighted by molar-refractivity contribution is -0.107. The second-order valence-electron chi connectivity index (χ2n) is 3.36. The molecule has 0 bridgehead atoms. The van der Waals surface area contributed by atoms with Crippen molar-refractivity contribution in [2.75, 3.05) is 26.0 Å². The molecule has 6 heteroatoms. The van der Waals surface area contributed by atoms with Crippen molar-refractivity contribution in [3.05, 3.63) is 11.3 Å². The van der Waals surface area contributed by atoms with E-state index in [0.29, 0.717) is 22.7 Å². The van der Waals surface area contributed by atoms with Crippen LogP contribution in [0, 0.1) is 6.92 Å². The lowest BCUT2D eigenvalue weighted by Crippen LogP contribution is -2.25. The number of hydrogen-bond acceptors (Lipinski definition) is 4. The summed E-state index contributed by atoms with van der Waals surface area (Å²) in [5.74, 6) is -0.134. The molecule has 1 rings (SSSR count). The van der Waals surface area contributed by atoms with Crippen molar-refractivity contribution < 1.29 is 9.59 Å². The first kappa shape index (κ1) is 19.9. The van der Waals surface area contributed by atoms with Crippen molar-refractivity contribution >= 4 is 28.9 Å². The maximum atomic E-state index is 11.8. The fourth-order valence-electron chi connectivity index (χ4n) is 1.12. The highest BCUT2D eigenvalue weighted by molar-refractivity contribution is 7.11. The van der Waals surface area contributed by atoms with E-state index >= 15 is 0 Å². The summed E-state index contributed by atoms with van der Waals surface area (Å²) in [6.07, 6.45) is 0.666. The standard InChI is InChI=1S/C9H13N3O2S.2C2H6/c1-6-7(8(14)11(2)3)9(15-10-6)12(4)5-13;2*1-2/h5H,1-4H3;2*1-2H3. The first-order valence-electron chi connectivity index (χ1n) is 6.35. The predicted molar refractivity (Wildman–Crippen MR) is 82.0 cm³/mol. The highest BCUT2D eigenvalue weighted by Crippen LogP contribution is 2.27. The molecule has 0 saturated carbocycles. The van der Waals surface area contributed by atoms with Gasteiger partial charge in [-0.3, -0.25) is 9.59 Å². The fraction of sp³-hybridized carbons (Fsp3) is 0.615. The van der Waals surface area contributed by atoms with E-state index in [4.69, 9.17) is 0 Å². The monoisotopic (exact) mass is 287 g/mol. The Hall–Kier alpha value is -1.43. The Balaban J connectivity index is 0. The highest BCUT2D eigenvalue weighted by Gasteiger charge is 2.21. The van der Waals surface area contributed by atoms with Gasteiger partial charge in [-0.15, -0.1) is 0 Å². The molecule has 0 N–H and O–H groups in total. The van der Waals surface area contributed by atoms with Gasteiger partial charge in [0, 0.05) is 21.1 Å². The Kier molecular flexibility index (Phi) is 11.0. The van der Waals surface area contributed by atoms with Gasteiger partial charge in [0.25, 0.3) is 5.91 Å². The van der Waals surface area contributed by atoms with Crippen molar-refractivity contribution in [3.8, 4) is 0 Å². The molecule has 5 nitrogen and oxygen atoms in total. The Labute approximate surface area is 120 Å². The number of carbonyl (C=O) groups is 2. The van der Waals surface area contributed by atoms with Crippen LogP contribution in [-0.4, -0.2) is 42.7 Å². The molecule has 0 aliphatic carbocycles. The number of amides is 2. The van der Waals surface area contributed by atoms with Gasteiger partial charge in [0.2, 0.25) is 6.41 Å². The van der Waals surface area contributed by atoms with Crippen LogP contribution in [0.5, 0.6) is 0 Å². The summed E-state index contributed by atoms with van der Waals surface area (Å²) < 4.78 is 4.08. The second-order valence-corrected chi connectivity index (χ2v) is 4.12. The summed E-state index contributed by atoms with van der Waals surface area (Å²) in [5, 5.41) is 0.584. The van der Waals surface area contributed by atoms with Gasteiger partial charge in [0.1, 0.15) is 5.00 Å². The largest absolute Gasteiger partial charge is 0.345 e. The topological polar surface area (TPSA) is 53.5 Å². The molecule has 1 aromatic heterocycles. The molecule has 0 spiro atoms. The number of aromatic nitrogens is 1. The summed E-state index contributed by atoms with van der Waals surface area (Å²) in [7, 11) is 4.95. The fourth-order valence-corrected chi connectivity index (χ4v) is 1.93. The minimum absolute atomic E-state index is 0.134. The molecule has 0 atom stereocenters. The Morgan fingerprint density at radius 2 is 1.63 bits per heavy atom. The molecule has 0 unspecified atom stereocenters. The molecule has 0 aromatic carbocycles. The Morgan fingerprint density at radius 1 is 1.16 bits per heavy atom. The number of carbonyl (C=O) groups excluding carboxylic acids is 2. The lowest BCUT2D eigenvalue weighted by atomic mass is 10.2. The minimum atomic E-state index is -0.134. The molecule has 110 valence electrons. The smallest absolute Gasteiger partial charge is 0.258 e. The molecule has 0 saturated heterocycles. The van der Waals surface area contributed by atoms with Crippen LogP contribution in [0.15, 0.2) is 0 Å². The Bertz CT molecular complexity index is 389. The third-order valence-electron chi connectivity index (χ3n) is 1.94. The third kappa shape index (κ3) is 5.38. The molecule has 0 aliphatic heterocycles. The van der Waals surface area contributed by atoms with Gasteiger partial charge in [-0.25, -0.2) is 0 Å². The number of hydrogen-bond donors (Lipinski definition) is 0. The SMILES string of the molecule is CC.CC.Cc1nsc(N(C)C=O)c1C(=O)N(C)C. The van der Waals surface area contributed by atoms with Gasteiger partial charge in [0.05, 0.1) is 11.3 Å². The van der Waals surface area contributed by atoms with Crippen LogP contribution >= 0.6 is 11.5 Å². The average Bonchev–Trinajstić information content (AvgIpc) is 2.83. The van der Waals surface area contributed by atoms with Gasteiger partial charge in [-0.1, -0.05) is 27.7 Å². The van der Waals surface area contributed by atoms with E-state index in [0.717, 1.165) is 11.5 Å². The summed E-state index contributed by atoms with van der Waals surface area (Å²) >= 11 is 1.15. The van der Waals surface area contributed by atoms with Crippen molar-refractivity contribution in [1.29, 1.82) is 0 Å². The molecule has 0 radical (unpaired) electrons. The van der Waals surface area contributed by atoms with Crippen LogP contribution in [0.2, 0.25) is 0 Å². The molecule has 0 fully saturated rings. The van der Waals surface area contributed by atoms with Gasteiger partial charge in [-0.05, 0) is 18.5 Å². The lowest BCUT2D eigenvalue weighted by Gasteiger charge is -2.14. The molecule has 1 aromatic rings. The zero-order valence-electron chi connectivity index (χ0n) is 13.1. The molecule has 19 heavy (non-hydrogen) atoms. The molecule has 0 aliphatic rings. The summed E-state index contributed by atoms with van der Waals surface area (Å²) in [6.45, 7) is 9.76. The maximum absolute atomic E-state index is 11.8. The van der Waals surface area contributed by atoms with Crippen LogP contribution in [0.4, 0.5) is 5.00 Å². The molecule has 1 heterocycles. The first-order chi connectivity index (χ1) is 8.99. The van der Waals surface area contributed by atoms with E-state index in [2.05, 4.69) is 4.37 Å². The van der Waals surface area contributed by atoms with Gasteiger partial charge < -0.3 is 9.80 Å². The summed E-state index contributed by atoms with van der Waals surface area (Å²) in [5.41, 5.74) is 1.15. The highest BCUT2D eigenvalue weighted by atomic mass is 32.1. The van der Waals surface area contributed by atoms with E-state index in [-0.39, 0.29) is 5.91 Å². The second kappa shape index (κ2) is 10.5. The quantitative estimate of drug-likeness (QED) is 0.803. The van der Waals surface area contributed by atoms with Crippen LogP contribution in [0.25, 0.3) is 0 Å². The maximum Gasteiger partial charge on any atom is 0.258 e. The van der Waals surface area contributed by atoms with Crippen LogP contribution < -0.4 is 4.90 Å². The zero-order chi connectivity index (χ0) is 15.6. The number of rotatable bonds is 3. The predicted octanol–water partition coefficient (Wildman–Crippen LogP) is 2.80. The van der Waals surface area contributed by atoms with Crippen molar-refractivity contribution in [2.45, 2.75) is 34.6 Å². The van der Waals surface area contributed by atoms with E-state index in [1.165, 1.54) is 9.80 Å². The van der Waals surface area contributed by atoms with E-state index in [1.807, 2.05) is 27.7 Å². The van der Waals surface area contributed by atoms with Gasteiger partial charge in [-0.2, -0.15) is 4.37 Å². The zero-order valence-corrected chi connectivity index (χ0v) is 14.0. The Morgan fingerprint density at radius 3 is 2.00 bits per heavy atom. The van der Waals surface area contributed by atoms with Gasteiger partial charge in [0.15, 0.2) is 0 Å². The first-order valence-corrected chi connectivity index (χ1v) is 7.12.